The lowest BCUT2D eigenvalue weighted by atomic mass is 9.85. The number of allylic oxidation sites excluding steroid dienone is 2. The zero-order chi connectivity index (χ0) is 19.8. The molecule has 2 heterocycles. The number of ketones is 1. The molecule has 0 amide bonds. The molecule has 2 aromatic carbocycles. The summed E-state index contributed by atoms with van der Waals surface area (Å²) in [4.78, 5) is 12.9. The monoisotopic (exact) mass is 387 g/mol. The number of fused-ring (bicyclic) bond motifs is 1. The van der Waals surface area contributed by atoms with E-state index >= 15 is 0 Å². The maximum absolute atomic E-state index is 12.9. The molecule has 1 aromatic heterocycles. The highest BCUT2D eigenvalue weighted by Crippen LogP contribution is 2.42. The Kier molecular flexibility index (Phi) is 4.35. The van der Waals surface area contributed by atoms with Crippen LogP contribution in [0.3, 0.4) is 0 Å². The zero-order valence-electron chi connectivity index (χ0n) is 16.1. The molecule has 146 valence electrons. The topological polar surface area (TPSA) is 81.9 Å². The SMILES string of the molecule is Cc1ccccc1COc1ccccc1C1C2=C(CCCC2=O)Nc2nnnn21. The smallest absolute Gasteiger partial charge is 0.248 e. The number of para-hydroxylation sites is 1. The number of nitrogens with one attached hydrogen (secondary N) is 1. The van der Waals surface area contributed by atoms with Gasteiger partial charge >= 0.3 is 0 Å². The molecule has 0 spiro atoms. The molecule has 1 aliphatic heterocycles. The third-order valence-electron chi connectivity index (χ3n) is 5.59. The lowest BCUT2D eigenvalue weighted by Gasteiger charge is -2.32. The first-order valence-electron chi connectivity index (χ1n) is 9.80. The van der Waals surface area contributed by atoms with E-state index in [1.165, 1.54) is 5.56 Å². The lowest BCUT2D eigenvalue weighted by Crippen LogP contribution is -2.31. The van der Waals surface area contributed by atoms with Crippen molar-refractivity contribution in [2.24, 2.45) is 0 Å². The van der Waals surface area contributed by atoms with Crippen LogP contribution in [-0.2, 0) is 11.4 Å². The molecule has 0 fully saturated rings. The third-order valence-corrected chi connectivity index (χ3v) is 5.59. The number of carbonyl (C=O) groups is 1. The molecule has 3 aromatic rings. The largest absolute Gasteiger partial charge is 0.489 e. The van der Waals surface area contributed by atoms with Gasteiger partial charge in [0.2, 0.25) is 5.95 Å². The Morgan fingerprint density at radius 3 is 2.86 bits per heavy atom. The van der Waals surface area contributed by atoms with Crippen LogP contribution in [0.1, 0.15) is 42.0 Å². The standard InChI is InChI=1S/C22H21N5O2/c1-14-7-2-3-8-15(14)13-29-19-12-5-4-9-16(19)21-20-17(10-6-11-18(20)28)23-22-24-25-26-27(21)22/h2-5,7-9,12,21H,6,10-11,13H2,1H3,(H,23,24,26). The molecule has 0 radical (unpaired) electrons. The molecule has 7 heteroatoms. The number of tetrazole rings is 1. The number of aryl methyl sites for hydroxylation is 1. The first kappa shape index (κ1) is 17.6. The molecule has 7 nitrogen and oxygen atoms in total. The molecule has 0 bridgehead atoms. The highest BCUT2D eigenvalue weighted by Gasteiger charge is 2.37. The number of rotatable bonds is 4. The minimum Gasteiger partial charge on any atom is -0.489 e. The summed E-state index contributed by atoms with van der Waals surface area (Å²) in [6.45, 7) is 2.53. The molecule has 2 aliphatic rings. The Bertz CT molecular complexity index is 1120. The van der Waals surface area contributed by atoms with Crippen molar-refractivity contribution in [3.05, 3.63) is 76.5 Å². The van der Waals surface area contributed by atoms with Crippen LogP contribution in [0.15, 0.2) is 59.8 Å². The van der Waals surface area contributed by atoms with Crippen LogP contribution in [0.5, 0.6) is 5.75 Å². The molecule has 1 atom stereocenters. The number of nitrogens with zero attached hydrogens (tertiary/aromatic N) is 4. The van der Waals surface area contributed by atoms with Crippen LogP contribution >= 0.6 is 0 Å². The van der Waals surface area contributed by atoms with Gasteiger partial charge in [0.05, 0.1) is 0 Å². The number of ether oxygens (including phenoxy) is 1. The summed E-state index contributed by atoms with van der Waals surface area (Å²) < 4.78 is 7.91. The van der Waals surface area contributed by atoms with Crippen LogP contribution in [0.2, 0.25) is 0 Å². The maximum atomic E-state index is 12.9. The van der Waals surface area contributed by atoms with E-state index in [9.17, 15) is 4.79 Å². The summed E-state index contributed by atoms with van der Waals surface area (Å²) in [5.74, 6) is 1.42. The number of hydrogen-bond acceptors (Lipinski definition) is 6. The minimum atomic E-state index is -0.392. The zero-order valence-corrected chi connectivity index (χ0v) is 16.1. The van der Waals surface area contributed by atoms with Crippen molar-refractivity contribution in [3.63, 3.8) is 0 Å². The fourth-order valence-corrected chi connectivity index (χ4v) is 4.07. The normalized spacial score (nSPS) is 18.1. The molecule has 0 saturated heterocycles. The first-order valence-corrected chi connectivity index (χ1v) is 9.80. The van der Waals surface area contributed by atoms with Crippen LogP contribution in [-0.4, -0.2) is 26.0 Å². The quantitative estimate of drug-likeness (QED) is 0.737. The van der Waals surface area contributed by atoms with Gasteiger partial charge in [0.1, 0.15) is 18.4 Å². The second-order valence-corrected chi connectivity index (χ2v) is 7.40. The van der Waals surface area contributed by atoms with Gasteiger partial charge in [-0.25, -0.2) is 0 Å². The van der Waals surface area contributed by atoms with Gasteiger partial charge in [-0.15, -0.1) is 0 Å². The van der Waals surface area contributed by atoms with Crippen molar-refractivity contribution in [2.45, 2.75) is 38.8 Å². The fraction of sp³-hybridized carbons (Fsp3) is 0.273. The number of Topliss-reactive ketones (excluding diaryl/α,β-unsaturated/α-hetero) is 1. The Hall–Kier alpha value is -3.48. The predicted molar refractivity (Wildman–Crippen MR) is 107 cm³/mol. The summed E-state index contributed by atoms with van der Waals surface area (Å²) in [6.07, 6.45) is 2.20. The van der Waals surface area contributed by atoms with Crippen LogP contribution in [0.25, 0.3) is 0 Å². The van der Waals surface area contributed by atoms with Gasteiger partial charge in [-0.3, -0.25) is 4.79 Å². The van der Waals surface area contributed by atoms with Gasteiger partial charge in [0.25, 0.3) is 0 Å². The summed E-state index contributed by atoms with van der Waals surface area (Å²) in [5.41, 5.74) is 4.86. The minimum absolute atomic E-state index is 0.138. The van der Waals surface area contributed by atoms with Crippen molar-refractivity contribution in [1.29, 1.82) is 0 Å². The van der Waals surface area contributed by atoms with E-state index in [0.717, 1.165) is 41.0 Å². The van der Waals surface area contributed by atoms with Crippen LogP contribution in [0.4, 0.5) is 5.95 Å². The van der Waals surface area contributed by atoms with E-state index in [1.54, 1.807) is 4.68 Å². The average Bonchev–Trinajstić information content (AvgIpc) is 3.20. The van der Waals surface area contributed by atoms with E-state index in [2.05, 4.69) is 39.9 Å². The average molecular weight is 387 g/mol. The van der Waals surface area contributed by atoms with Gasteiger partial charge in [0, 0.05) is 23.3 Å². The van der Waals surface area contributed by atoms with E-state index < -0.39 is 6.04 Å². The molecule has 1 N–H and O–H groups in total. The second kappa shape index (κ2) is 7.16. The van der Waals surface area contributed by atoms with Gasteiger partial charge in [-0.05, 0) is 47.4 Å². The molecule has 0 saturated carbocycles. The van der Waals surface area contributed by atoms with E-state index in [1.807, 2.05) is 36.4 Å². The molecule has 5 rings (SSSR count). The van der Waals surface area contributed by atoms with Gasteiger partial charge in [-0.2, -0.15) is 4.68 Å². The first-order chi connectivity index (χ1) is 14.2. The van der Waals surface area contributed by atoms with Gasteiger partial charge in [0.15, 0.2) is 5.78 Å². The van der Waals surface area contributed by atoms with Crippen molar-refractivity contribution < 1.29 is 9.53 Å². The number of aromatic nitrogens is 4. The highest BCUT2D eigenvalue weighted by molar-refractivity contribution is 5.99. The number of hydrogen-bond donors (Lipinski definition) is 1. The Labute approximate surface area is 168 Å². The van der Waals surface area contributed by atoms with Gasteiger partial charge < -0.3 is 10.1 Å². The maximum Gasteiger partial charge on any atom is 0.248 e. The molecular weight excluding hydrogens is 366 g/mol. The number of anilines is 1. The van der Waals surface area contributed by atoms with Crippen molar-refractivity contribution in [2.75, 3.05) is 5.32 Å². The Morgan fingerprint density at radius 1 is 1.14 bits per heavy atom. The van der Waals surface area contributed by atoms with E-state index in [0.29, 0.717) is 19.0 Å². The number of carbonyl (C=O) groups excluding carboxylic acids is 1. The van der Waals surface area contributed by atoms with Crippen LogP contribution < -0.4 is 10.1 Å². The van der Waals surface area contributed by atoms with E-state index in [4.69, 9.17) is 4.74 Å². The highest BCUT2D eigenvalue weighted by atomic mass is 16.5. The molecular formula is C22H21N5O2. The Morgan fingerprint density at radius 2 is 1.97 bits per heavy atom. The lowest BCUT2D eigenvalue weighted by molar-refractivity contribution is -0.116. The molecule has 1 aliphatic carbocycles. The summed E-state index contributed by atoms with van der Waals surface area (Å²) in [7, 11) is 0. The number of benzene rings is 2. The van der Waals surface area contributed by atoms with Crippen molar-refractivity contribution in [3.8, 4) is 5.75 Å². The summed E-state index contributed by atoms with van der Waals surface area (Å²) in [5, 5.41) is 15.3. The van der Waals surface area contributed by atoms with Gasteiger partial charge in [-0.1, -0.05) is 47.6 Å². The summed E-state index contributed by atoms with van der Waals surface area (Å²) >= 11 is 0. The predicted octanol–water partition coefficient (Wildman–Crippen LogP) is 3.58. The van der Waals surface area contributed by atoms with E-state index in [-0.39, 0.29) is 5.78 Å². The second-order valence-electron chi connectivity index (χ2n) is 7.40. The molecule has 1 unspecified atom stereocenters. The van der Waals surface area contributed by atoms with Crippen LogP contribution in [0, 0.1) is 6.92 Å². The Balaban J connectivity index is 1.56. The van der Waals surface area contributed by atoms with Crippen molar-refractivity contribution in [1.82, 2.24) is 20.2 Å². The molecule has 29 heavy (non-hydrogen) atoms. The fourth-order valence-electron chi connectivity index (χ4n) is 4.07. The van der Waals surface area contributed by atoms with Crippen molar-refractivity contribution >= 4 is 11.7 Å². The summed E-state index contributed by atoms with van der Waals surface area (Å²) in [6, 6.07) is 15.6. The third kappa shape index (κ3) is 3.08.